The Labute approximate surface area is 110 Å². The Morgan fingerprint density at radius 2 is 2.39 bits per heavy atom. The van der Waals surface area contributed by atoms with Gasteiger partial charge < -0.3 is 15.6 Å². The van der Waals surface area contributed by atoms with Crippen molar-refractivity contribution in [3.05, 3.63) is 11.6 Å². The van der Waals surface area contributed by atoms with E-state index in [1.54, 1.807) is 7.11 Å². The van der Waals surface area contributed by atoms with E-state index in [9.17, 15) is 13.5 Å². The highest BCUT2D eigenvalue weighted by Crippen LogP contribution is 2.39. The maximum atomic E-state index is 12.3. The summed E-state index contributed by atoms with van der Waals surface area (Å²) in [5.74, 6) is 0. The minimum Gasteiger partial charge on any atom is -0.391 e. The van der Waals surface area contributed by atoms with E-state index in [1.807, 2.05) is 0 Å². The van der Waals surface area contributed by atoms with Gasteiger partial charge in [0.1, 0.15) is 4.21 Å². The summed E-state index contributed by atoms with van der Waals surface area (Å²) < 4.78 is 30.9. The molecule has 0 saturated carbocycles. The van der Waals surface area contributed by atoms with E-state index in [-0.39, 0.29) is 10.8 Å². The maximum Gasteiger partial charge on any atom is 0.253 e. The minimum absolute atomic E-state index is 0.0786. The fourth-order valence-electron chi connectivity index (χ4n) is 1.94. The lowest BCUT2D eigenvalue weighted by Crippen LogP contribution is -2.39. The average molecular weight is 292 g/mol. The molecule has 0 radical (unpaired) electrons. The topological polar surface area (TPSA) is 92.9 Å². The van der Waals surface area contributed by atoms with Crippen molar-refractivity contribution < 1.29 is 18.3 Å². The van der Waals surface area contributed by atoms with Gasteiger partial charge in [0.25, 0.3) is 10.0 Å². The number of aliphatic hydroxyl groups is 1. The van der Waals surface area contributed by atoms with Crippen LogP contribution in [-0.4, -0.2) is 44.6 Å². The van der Waals surface area contributed by atoms with Crippen LogP contribution in [0.2, 0.25) is 0 Å². The lowest BCUT2D eigenvalue weighted by Gasteiger charge is -2.29. The van der Waals surface area contributed by atoms with Crippen molar-refractivity contribution in [1.82, 2.24) is 4.31 Å². The zero-order valence-corrected chi connectivity index (χ0v) is 11.6. The number of β-amino-alcohol motifs (C(OH)–C–C–N with tert-alkyl or cyclic N) is 1. The molecule has 2 heterocycles. The summed E-state index contributed by atoms with van der Waals surface area (Å²) in [4.78, 5) is 0. The van der Waals surface area contributed by atoms with E-state index in [1.165, 1.54) is 10.4 Å². The van der Waals surface area contributed by atoms with Crippen LogP contribution in [0.5, 0.6) is 0 Å². The summed E-state index contributed by atoms with van der Waals surface area (Å²) >= 11 is 1.00. The van der Waals surface area contributed by atoms with Gasteiger partial charge in [-0.15, -0.1) is 11.3 Å². The number of aliphatic hydroxyl groups excluding tert-OH is 1. The number of anilines is 1. The average Bonchev–Trinajstić information content (AvgIpc) is 2.70. The number of nitrogen functional groups attached to an aromatic ring is 1. The standard InChI is InChI=1S/C10H16N2O4S2/c1-16-4-2-3-12-6-8(13)7-5-9(11)17-10(7)18(12,14)15/h5,8,13H,2-4,6,11H2,1H3. The van der Waals surface area contributed by atoms with Gasteiger partial charge in [-0.2, -0.15) is 4.31 Å². The number of methoxy groups -OCH3 is 1. The molecular weight excluding hydrogens is 276 g/mol. The molecule has 102 valence electrons. The van der Waals surface area contributed by atoms with Crippen molar-refractivity contribution in [1.29, 1.82) is 0 Å². The van der Waals surface area contributed by atoms with Gasteiger partial charge in [-0.1, -0.05) is 0 Å². The van der Waals surface area contributed by atoms with Crippen molar-refractivity contribution >= 4 is 26.4 Å². The Hall–Kier alpha value is -0.670. The number of fused-ring (bicyclic) bond motifs is 1. The molecule has 0 aliphatic carbocycles. The largest absolute Gasteiger partial charge is 0.391 e. The van der Waals surface area contributed by atoms with E-state index in [0.29, 0.717) is 30.1 Å². The molecule has 0 bridgehead atoms. The smallest absolute Gasteiger partial charge is 0.253 e. The van der Waals surface area contributed by atoms with E-state index >= 15 is 0 Å². The van der Waals surface area contributed by atoms with Gasteiger partial charge in [0.05, 0.1) is 11.1 Å². The van der Waals surface area contributed by atoms with Crippen LogP contribution < -0.4 is 5.73 Å². The highest BCUT2D eigenvalue weighted by atomic mass is 32.2. The molecule has 1 atom stereocenters. The molecule has 2 rings (SSSR count). The van der Waals surface area contributed by atoms with Gasteiger partial charge in [0, 0.05) is 32.4 Å². The van der Waals surface area contributed by atoms with Crippen LogP contribution in [0.3, 0.4) is 0 Å². The predicted molar refractivity (Wildman–Crippen MR) is 68.9 cm³/mol. The molecule has 0 spiro atoms. The zero-order valence-electron chi connectivity index (χ0n) is 10.00. The van der Waals surface area contributed by atoms with Gasteiger partial charge in [-0.05, 0) is 12.5 Å². The third kappa shape index (κ3) is 2.39. The van der Waals surface area contributed by atoms with Crippen molar-refractivity contribution in [2.45, 2.75) is 16.7 Å². The third-order valence-corrected chi connectivity index (χ3v) is 6.18. The molecule has 0 fully saturated rings. The highest BCUT2D eigenvalue weighted by molar-refractivity contribution is 7.91. The molecule has 1 aliphatic rings. The molecule has 0 saturated heterocycles. The quantitative estimate of drug-likeness (QED) is 0.784. The first-order chi connectivity index (χ1) is 8.46. The summed E-state index contributed by atoms with van der Waals surface area (Å²) in [7, 11) is -1.95. The Bertz CT molecular complexity index is 526. The van der Waals surface area contributed by atoms with E-state index in [0.717, 1.165) is 11.3 Å². The molecule has 1 aromatic rings. The monoisotopic (exact) mass is 292 g/mol. The molecular formula is C10H16N2O4S2. The lowest BCUT2D eigenvalue weighted by atomic mass is 10.2. The van der Waals surface area contributed by atoms with Crippen LogP contribution in [-0.2, 0) is 14.8 Å². The molecule has 3 N–H and O–H groups in total. The summed E-state index contributed by atoms with van der Waals surface area (Å²) in [6.45, 7) is 0.904. The van der Waals surface area contributed by atoms with Crippen molar-refractivity contribution in [2.24, 2.45) is 0 Å². The number of rotatable bonds is 4. The summed E-state index contributed by atoms with van der Waals surface area (Å²) in [6.07, 6.45) is -0.210. The highest BCUT2D eigenvalue weighted by Gasteiger charge is 2.37. The lowest BCUT2D eigenvalue weighted by molar-refractivity contribution is 0.131. The van der Waals surface area contributed by atoms with Crippen LogP contribution >= 0.6 is 11.3 Å². The Morgan fingerprint density at radius 1 is 1.67 bits per heavy atom. The van der Waals surface area contributed by atoms with Crippen LogP contribution in [0.15, 0.2) is 10.3 Å². The summed E-state index contributed by atoms with van der Waals surface area (Å²) in [5.41, 5.74) is 6.03. The molecule has 0 aromatic carbocycles. The van der Waals surface area contributed by atoms with Crippen LogP contribution in [0.4, 0.5) is 5.00 Å². The number of nitrogens with zero attached hydrogens (tertiary/aromatic N) is 1. The van der Waals surface area contributed by atoms with E-state index in [2.05, 4.69) is 0 Å². The molecule has 1 aliphatic heterocycles. The van der Waals surface area contributed by atoms with Gasteiger partial charge >= 0.3 is 0 Å². The maximum absolute atomic E-state index is 12.3. The van der Waals surface area contributed by atoms with E-state index in [4.69, 9.17) is 10.5 Å². The van der Waals surface area contributed by atoms with Gasteiger partial charge in [0.2, 0.25) is 0 Å². The second kappa shape index (κ2) is 5.14. The molecule has 6 nitrogen and oxygen atoms in total. The second-order valence-electron chi connectivity index (χ2n) is 4.12. The molecule has 0 amide bonds. The first-order valence-corrected chi connectivity index (χ1v) is 7.79. The molecule has 8 heteroatoms. The van der Waals surface area contributed by atoms with E-state index < -0.39 is 16.1 Å². The Kier molecular flexibility index (Phi) is 3.93. The van der Waals surface area contributed by atoms with Gasteiger partial charge in [0.15, 0.2) is 0 Å². The van der Waals surface area contributed by atoms with Gasteiger partial charge in [-0.25, -0.2) is 8.42 Å². The number of sulfonamides is 1. The Morgan fingerprint density at radius 3 is 3.06 bits per heavy atom. The minimum atomic E-state index is -3.52. The van der Waals surface area contributed by atoms with Crippen molar-refractivity contribution in [2.75, 3.05) is 32.5 Å². The van der Waals surface area contributed by atoms with Crippen LogP contribution in [0.1, 0.15) is 18.1 Å². The Balaban J connectivity index is 2.27. The molecule has 18 heavy (non-hydrogen) atoms. The molecule has 1 aromatic heterocycles. The number of hydrogen-bond acceptors (Lipinski definition) is 6. The first kappa shape index (κ1) is 13.8. The summed E-state index contributed by atoms with van der Waals surface area (Å²) in [5, 5.41) is 10.4. The number of ether oxygens (including phenoxy) is 1. The number of nitrogens with two attached hydrogens (primary N) is 1. The fraction of sp³-hybridized carbons (Fsp3) is 0.600. The van der Waals surface area contributed by atoms with Crippen molar-refractivity contribution in [3.8, 4) is 0 Å². The van der Waals surface area contributed by atoms with Crippen molar-refractivity contribution in [3.63, 3.8) is 0 Å². The number of hydrogen-bond donors (Lipinski definition) is 2. The fourth-order valence-corrected chi connectivity index (χ4v) is 5.12. The van der Waals surface area contributed by atoms with Crippen LogP contribution in [0, 0.1) is 0 Å². The van der Waals surface area contributed by atoms with Gasteiger partial charge in [-0.3, -0.25) is 0 Å². The summed E-state index contributed by atoms with van der Waals surface area (Å²) in [6, 6.07) is 1.54. The third-order valence-electron chi connectivity index (χ3n) is 2.81. The zero-order chi connectivity index (χ0) is 13.3. The number of thiophene rings is 1. The first-order valence-electron chi connectivity index (χ1n) is 5.53. The van der Waals surface area contributed by atoms with Crippen LogP contribution in [0.25, 0.3) is 0 Å². The second-order valence-corrected chi connectivity index (χ2v) is 7.33. The predicted octanol–water partition coefficient (Wildman–Crippen LogP) is 0.405. The SMILES string of the molecule is COCCCN1CC(O)c2cc(N)sc2S1(=O)=O. The molecule has 1 unspecified atom stereocenters. The normalized spacial score (nSPS) is 22.9.